The van der Waals surface area contributed by atoms with Gasteiger partial charge in [-0.05, 0) is 43.0 Å². The van der Waals surface area contributed by atoms with Crippen molar-refractivity contribution in [2.45, 2.75) is 32.9 Å². The van der Waals surface area contributed by atoms with Gasteiger partial charge in [-0.1, -0.05) is 60.7 Å². The van der Waals surface area contributed by atoms with Crippen molar-refractivity contribution in [1.29, 1.82) is 0 Å². The number of benzene rings is 3. The fourth-order valence-electron chi connectivity index (χ4n) is 3.36. The van der Waals surface area contributed by atoms with Gasteiger partial charge in [-0.2, -0.15) is 0 Å². The van der Waals surface area contributed by atoms with Gasteiger partial charge < -0.3 is 10.1 Å². The smallest absolute Gasteiger partial charge is 0.270 e. The third-order valence-electron chi connectivity index (χ3n) is 4.87. The maximum atomic E-state index is 13.0. The molecule has 0 spiro atoms. The van der Waals surface area contributed by atoms with Crippen LogP contribution in [0.5, 0.6) is 5.75 Å². The van der Waals surface area contributed by atoms with Gasteiger partial charge in [-0.3, -0.25) is 14.9 Å². The molecule has 0 aromatic heterocycles. The molecule has 3 rings (SSSR count). The first-order chi connectivity index (χ1) is 14.4. The van der Waals surface area contributed by atoms with Crippen LogP contribution in [0.2, 0.25) is 0 Å². The number of nitro groups is 1. The van der Waals surface area contributed by atoms with E-state index in [4.69, 9.17) is 4.74 Å². The molecule has 6 nitrogen and oxygen atoms in total. The minimum absolute atomic E-state index is 0.00248. The number of hydrogen-bond acceptors (Lipinski definition) is 4. The summed E-state index contributed by atoms with van der Waals surface area (Å²) in [6.07, 6.45) is -0.779. The lowest BCUT2D eigenvalue weighted by molar-refractivity contribution is -0.385. The minimum atomic E-state index is -0.779. The Morgan fingerprint density at radius 3 is 1.83 bits per heavy atom. The average molecular weight is 404 g/mol. The Labute approximate surface area is 175 Å². The van der Waals surface area contributed by atoms with E-state index < -0.39 is 11.0 Å². The van der Waals surface area contributed by atoms with E-state index in [1.54, 1.807) is 20.8 Å². The van der Waals surface area contributed by atoms with Crippen molar-refractivity contribution in [2.24, 2.45) is 0 Å². The Hall–Kier alpha value is -3.67. The zero-order valence-electron chi connectivity index (χ0n) is 17.2. The maximum Gasteiger partial charge on any atom is 0.270 e. The summed E-state index contributed by atoms with van der Waals surface area (Å²) >= 11 is 0. The van der Waals surface area contributed by atoms with Crippen molar-refractivity contribution in [3.8, 4) is 5.75 Å². The number of nitrogens with one attached hydrogen (secondary N) is 1. The van der Waals surface area contributed by atoms with Crippen LogP contribution in [0.3, 0.4) is 0 Å². The monoisotopic (exact) mass is 404 g/mol. The van der Waals surface area contributed by atoms with Crippen LogP contribution >= 0.6 is 0 Å². The molecular weight excluding hydrogens is 380 g/mol. The largest absolute Gasteiger partial charge is 0.480 e. The zero-order valence-corrected chi connectivity index (χ0v) is 17.2. The molecule has 154 valence electrons. The number of hydrogen-bond donors (Lipinski definition) is 1. The number of amides is 1. The molecule has 0 radical (unpaired) electrons. The topological polar surface area (TPSA) is 81.5 Å². The van der Waals surface area contributed by atoms with Gasteiger partial charge in [-0.25, -0.2) is 0 Å². The summed E-state index contributed by atoms with van der Waals surface area (Å²) in [6.45, 7) is 5.13. The van der Waals surface area contributed by atoms with Crippen molar-refractivity contribution in [1.82, 2.24) is 5.32 Å². The van der Waals surface area contributed by atoms with Crippen LogP contribution in [0.15, 0.2) is 72.8 Å². The van der Waals surface area contributed by atoms with Crippen LogP contribution in [0.25, 0.3) is 0 Å². The molecule has 0 saturated carbocycles. The van der Waals surface area contributed by atoms with E-state index in [0.717, 1.165) is 11.1 Å². The number of nitrogens with zero attached hydrogens (tertiary/aromatic N) is 1. The van der Waals surface area contributed by atoms with Gasteiger partial charge in [0.15, 0.2) is 6.10 Å². The standard InChI is InChI=1S/C24H24N2O4/c1-16-14-21(26(28)29)15-17(2)23(16)30-18(3)24(27)25-22(19-10-6-4-7-11-19)20-12-8-5-9-13-20/h4-15,18,22H,1-3H3,(H,25,27). The number of carbonyl (C=O) groups is 1. The van der Waals surface area contributed by atoms with Gasteiger partial charge >= 0.3 is 0 Å². The third-order valence-corrected chi connectivity index (χ3v) is 4.87. The summed E-state index contributed by atoms with van der Waals surface area (Å²) < 4.78 is 5.91. The van der Waals surface area contributed by atoms with Crippen LogP contribution in [0.4, 0.5) is 5.69 Å². The van der Waals surface area contributed by atoms with Crippen molar-refractivity contribution in [2.75, 3.05) is 0 Å². The molecule has 1 atom stereocenters. The molecule has 0 heterocycles. The van der Waals surface area contributed by atoms with Crippen molar-refractivity contribution >= 4 is 11.6 Å². The van der Waals surface area contributed by atoms with Crippen LogP contribution in [-0.4, -0.2) is 16.9 Å². The third kappa shape index (κ3) is 4.84. The maximum absolute atomic E-state index is 13.0. The number of nitro benzene ring substituents is 1. The number of carbonyl (C=O) groups excluding carboxylic acids is 1. The van der Waals surface area contributed by atoms with E-state index in [1.807, 2.05) is 60.7 Å². The van der Waals surface area contributed by atoms with Gasteiger partial charge in [-0.15, -0.1) is 0 Å². The molecule has 6 heteroatoms. The van der Waals surface area contributed by atoms with Crippen LogP contribution in [-0.2, 0) is 4.79 Å². The summed E-state index contributed by atoms with van der Waals surface area (Å²) in [6, 6.07) is 22.0. The molecule has 1 unspecified atom stereocenters. The molecule has 1 N–H and O–H groups in total. The quantitative estimate of drug-likeness (QED) is 0.449. The van der Waals surface area contributed by atoms with E-state index in [9.17, 15) is 14.9 Å². The van der Waals surface area contributed by atoms with Gasteiger partial charge in [0.1, 0.15) is 5.75 Å². The molecule has 3 aromatic rings. The Morgan fingerprint density at radius 1 is 0.933 bits per heavy atom. The predicted octanol–water partition coefficient (Wildman–Crippen LogP) is 4.88. The first-order valence-electron chi connectivity index (χ1n) is 9.69. The van der Waals surface area contributed by atoms with E-state index >= 15 is 0 Å². The van der Waals surface area contributed by atoms with E-state index in [-0.39, 0.29) is 17.6 Å². The molecule has 0 saturated heterocycles. The highest BCUT2D eigenvalue weighted by Gasteiger charge is 2.23. The van der Waals surface area contributed by atoms with Gasteiger partial charge in [0.05, 0.1) is 11.0 Å². The lowest BCUT2D eigenvalue weighted by atomic mass is 9.98. The Morgan fingerprint density at radius 2 is 1.40 bits per heavy atom. The number of ether oxygens (including phenoxy) is 1. The van der Waals surface area contributed by atoms with Gasteiger partial charge in [0.25, 0.3) is 11.6 Å². The zero-order chi connectivity index (χ0) is 21.7. The minimum Gasteiger partial charge on any atom is -0.480 e. The normalized spacial score (nSPS) is 11.7. The predicted molar refractivity (Wildman–Crippen MR) is 116 cm³/mol. The lowest BCUT2D eigenvalue weighted by Gasteiger charge is -2.23. The Balaban J connectivity index is 1.81. The molecule has 1 amide bonds. The second kappa shape index (κ2) is 9.22. The second-order valence-electron chi connectivity index (χ2n) is 7.19. The lowest BCUT2D eigenvalue weighted by Crippen LogP contribution is -2.39. The highest BCUT2D eigenvalue weighted by atomic mass is 16.6. The van der Waals surface area contributed by atoms with Crippen molar-refractivity contribution in [3.05, 3.63) is 105 Å². The second-order valence-corrected chi connectivity index (χ2v) is 7.19. The fraction of sp³-hybridized carbons (Fsp3) is 0.208. The van der Waals surface area contributed by atoms with Crippen molar-refractivity contribution in [3.63, 3.8) is 0 Å². The fourth-order valence-corrected chi connectivity index (χ4v) is 3.36. The van der Waals surface area contributed by atoms with E-state index in [0.29, 0.717) is 16.9 Å². The summed E-state index contributed by atoms with van der Waals surface area (Å²) in [4.78, 5) is 23.6. The number of non-ortho nitro benzene ring substituents is 1. The first kappa shape index (κ1) is 21.0. The molecule has 0 fully saturated rings. The van der Waals surface area contributed by atoms with Gasteiger partial charge in [0.2, 0.25) is 0 Å². The van der Waals surface area contributed by atoms with Gasteiger partial charge in [0, 0.05) is 12.1 Å². The first-order valence-corrected chi connectivity index (χ1v) is 9.69. The van der Waals surface area contributed by atoms with E-state index in [2.05, 4.69) is 5.32 Å². The van der Waals surface area contributed by atoms with Crippen LogP contribution in [0.1, 0.15) is 35.2 Å². The molecule has 0 aliphatic rings. The summed E-state index contributed by atoms with van der Waals surface area (Å²) in [7, 11) is 0. The summed E-state index contributed by atoms with van der Waals surface area (Å²) in [5.74, 6) is 0.212. The Kier molecular flexibility index (Phi) is 6.47. The molecular formula is C24H24N2O4. The highest BCUT2D eigenvalue weighted by Crippen LogP contribution is 2.29. The molecule has 0 aliphatic heterocycles. The van der Waals surface area contributed by atoms with Crippen molar-refractivity contribution < 1.29 is 14.5 Å². The average Bonchev–Trinajstić information content (AvgIpc) is 2.75. The SMILES string of the molecule is Cc1cc([N+](=O)[O-])cc(C)c1OC(C)C(=O)NC(c1ccccc1)c1ccccc1. The molecule has 0 aliphatic carbocycles. The summed E-state index contributed by atoms with van der Waals surface area (Å²) in [5, 5.41) is 14.1. The molecule has 3 aromatic carbocycles. The molecule has 0 bridgehead atoms. The number of rotatable bonds is 7. The van der Waals surface area contributed by atoms with E-state index in [1.165, 1.54) is 12.1 Å². The summed E-state index contributed by atoms with van der Waals surface area (Å²) in [5.41, 5.74) is 3.16. The van der Waals surface area contributed by atoms with Crippen LogP contribution < -0.4 is 10.1 Å². The molecule has 30 heavy (non-hydrogen) atoms. The number of aryl methyl sites for hydroxylation is 2. The Bertz CT molecular complexity index is 973. The highest BCUT2D eigenvalue weighted by molar-refractivity contribution is 5.81. The van der Waals surface area contributed by atoms with Crippen LogP contribution in [0, 0.1) is 24.0 Å².